The number of nitrogens with zero attached hydrogens (tertiary/aromatic N) is 2. The quantitative estimate of drug-likeness (QED) is 0.846. The van der Waals surface area contributed by atoms with Crippen molar-refractivity contribution >= 4 is 11.8 Å². The van der Waals surface area contributed by atoms with Gasteiger partial charge in [-0.1, -0.05) is 36.4 Å². The Morgan fingerprint density at radius 2 is 1.84 bits per heavy atom. The highest BCUT2D eigenvalue weighted by Gasteiger charge is 2.26. The summed E-state index contributed by atoms with van der Waals surface area (Å²) < 4.78 is 0. The van der Waals surface area contributed by atoms with Crippen molar-refractivity contribution in [1.82, 2.24) is 4.98 Å². The molecule has 1 saturated heterocycles. The van der Waals surface area contributed by atoms with Crippen molar-refractivity contribution in [2.75, 3.05) is 18.0 Å². The van der Waals surface area contributed by atoms with E-state index >= 15 is 0 Å². The lowest BCUT2D eigenvalue weighted by molar-refractivity contribution is 0.0690. The maximum Gasteiger partial charge on any atom is 0.354 e. The first-order chi connectivity index (χ1) is 12.1. The predicted octanol–water partition coefficient (Wildman–Crippen LogP) is 2.99. The first-order valence-electron chi connectivity index (χ1n) is 8.81. The third kappa shape index (κ3) is 4.57. The number of rotatable bonds is 6. The molecule has 5 heteroatoms. The Labute approximate surface area is 147 Å². The number of carbonyl (C=O) groups is 1. The summed E-state index contributed by atoms with van der Waals surface area (Å²) in [6.45, 7) is 1.59. The number of hydrogen-bond donors (Lipinski definition) is 2. The van der Waals surface area contributed by atoms with Gasteiger partial charge < -0.3 is 15.1 Å². The Balaban J connectivity index is 1.51. The van der Waals surface area contributed by atoms with Gasteiger partial charge in [0, 0.05) is 13.1 Å². The lowest BCUT2D eigenvalue weighted by Crippen LogP contribution is -2.38. The number of piperidine rings is 1. The van der Waals surface area contributed by atoms with Crippen molar-refractivity contribution in [2.45, 2.75) is 31.8 Å². The van der Waals surface area contributed by atoms with Crippen molar-refractivity contribution in [3.8, 4) is 0 Å². The molecule has 0 aliphatic carbocycles. The van der Waals surface area contributed by atoms with Crippen LogP contribution in [-0.4, -0.2) is 40.4 Å². The van der Waals surface area contributed by atoms with Gasteiger partial charge in [-0.3, -0.25) is 0 Å². The number of aromatic carboxylic acids is 1. The molecule has 2 aromatic rings. The van der Waals surface area contributed by atoms with Crippen molar-refractivity contribution in [2.24, 2.45) is 5.92 Å². The molecule has 1 aliphatic rings. The van der Waals surface area contributed by atoms with E-state index in [-0.39, 0.29) is 11.8 Å². The number of aromatic nitrogens is 1. The van der Waals surface area contributed by atoms with Crippen LogP contribution >= 0.6 is 0 Å². The second-order valence-electron chi connectivity index (χ2n) is 6.60. The lowest BCUT2D eigenvalue weighted by Gasteiger charge is -2.35. The van der Waals surface area contributed by atoms with Crippen LogP contribution in [0.25, 0.3) is 0 Å². The van der Waals surface area contributed by atoms with Crippen molar-refractivity contribution in [3.05, 3.63) is 59.8 Å². The Hall–Kier alpha value is -2.40. The maximum atomic E-state index is 11.1. The van der Waals surface area contributed by atoms with Crippen LogP contribution < -0.4 is 4.90 Å². The first kappa shape index (κ1) is 17.4. The summed E-state index contributed by atoms with van der Waals surface area (Å²) in [5.74, 6) is -0.00665. The van der Waals surface area contributed by atoms with Crippen LogP contribution in [0, 0.1) is 5.92 Å². The predicted molar refractivity (Wildman–Crippen MR) is 96.9 cm³/mol. The van der Waals surface area contributed by atoms with Gasteiger partial charge >= 0.3 is 5.97 Å². The van der Waals surface area contributed by atoms with Gasteiger partial charge in [-0.25, -0.2) is 9.78 Å². The molecule has 5 nitrogen and oxygen atoms in total. The van der Waals surface area contributed by atoms with Gasteiger partial charge in [0.1, 0.15) is 5.82 Å². The number of benzene rings is 1. The molecule has 1 aromatic carbocycles. The van der Waals surface area contributed by atoms with Gasteiger partial charge in [0.15, 0.2) is 5.69 Å². The molecule has 0 bridgehead atoms. The van der Waals surface area contributed by atoms with E-state index < -0.39 is 5.97 Å². The molecular formula is C20H24N2O3. The minimum Gasteiger partial charge on any atom is -0.477 e. The summed E-state index contributed by atoms with van der Waals surface area (Å²) in [6.07, 6.45) is 3.18. The zero-order valence-electron chi connectivity index (χ0n) is 14.2. The molecular weight excluding hydrogens is 316 g/mol. The SMILES string of the molecule is O=C(O)c1cccc(N2CCC(C(O)CCc3ccccc3)CC2)n1. The smallest absolute Gasteiger partial charge is 0.354 e. The fourth-order valence-electron chi connectivity index (χ4n) is 3.43. The van der Waals surface area contributed by atoms with E-state index in [0.29, 0.717) is 11.7 Å². The third-order valence-corrected chi connectivity index (χ3v) is 4.93. The average molecular weight is 340 g/mol. The monoisotopic (exact) mass is 340 g/mol. The van der Waals surface area contributed by atoms with E-state index in [1.807, 2.05) is 24.3 Å². The number of carboxylic acids is 1. The van der Waals surface area contributed by atoms with Crippen molar-refractivity contribution in [1.29, 1.82) is 0 Å². The number of anilines is 1. The van der Waals surface area contributed by atoms with Crippen molar-refractivity contribution in [3.63, 3.8) is 0 Å². The molecule has 1 fully saturated rings. The van der Waals surface area contributed by atoms with Gasteiger partial charge in [-0.2, -0.15) is 0 Å². The van der Waals surface area contributed by atoms with Crippen LogP contribution in [0.3, 0.4) is 0 Å². The summed E-state index contributed by atoms with van der Waals surface area (Å²) in [6, 6.07) is 15.3. The molecule has 0 saturated carbocycles. The topological polar surface area (TPSA) is 73.7 Å². The number of carboxylic acid groups (broad SMARTS) is 1. The third-order valence-electron chi connectivity index (χ3n) is 4.93. The Kier molecular flexibility index (Phi) is 5.66. The van der Waals surface area contributed by atoms with Gasteiger partial charge in [-0.15, -0.1) is 0 Å². The molecule has 1 unspecified atom stereocenters. The molecule has 0 amide bonds. The van der Waals surface area contributed by atoms with E-state index in [4.69, 9.17) is 5.11 Å². The fraction of sp³-hybridized carbons (Fsp3) is 0.400. The van der Waals surface area contributed by atoms with E-state index in [1.54, 1.807) is 6.07 Å². The molecule has 1 atom stereocenters. The fourth-order valence-corrected chi connectivity index (χ4v) is 3.43. The Morgan fingerprint density at radius 3 is 2.52 bits per heavy atom. The molecule has 132 valence electrons. The van der Waals surface area contributed by atoms with Crippen LogP contribution in [0.5, 0.6) is 0 Å². The Morgan fingerprint density at radius 1 is 1.12 bits per heavy atom. The summed E-state index contributed by atoms with van der Waals surface area (Å²) in [4.78, 5) is 17.4. The summed E-state index contributed by atoms with van der Waals surface area (Å²) in [5, 5.41) is 19.6. The van der Waals surface area contributed by atoms with Crippen LogP contribution in [0.4, 0.5) is 5.82 Å². The zero-order chi connectivity index (χ0) is 17.6. The van der Waals surface area contributed by atoms with E-state index in [2.05, 4.69) is 22.0 Å². The largest absolute Gasteiger partial charge is 0.477 e. The lowest BCUT2D eigenvalue weighted by atomic mass is 9.88. The summed E-state index contributed by atoms with van der Waals surface area (Å²) in [5.41, 5.74) is 1.33. The summed E-state index contributed by atoms with van der Waals surface area (Å²) >= 11 is 0. The van der Waals surface area contributed by atoms with Gasteiger partial charge in [0.05, 0.1) is 6.10 Å². The molecule has 2 heterocycles. The Bertz CT molecular complexity index is 697. The second-order valence-corrected chi connectivity index (χ2v) is 6.60. The number of hydrogen-bond acceptors (Lipinski definition) is 4. The van der Waals surface area contributed by atoms with Crippen LogP contribution in [0.15, 0.2) is 48.5 Å². The van der Waals surface area contributed by atoms with Crippen LogP contribution in [0.1, 0.15) is 35.3 Å². The molecule has 0 spiro atoms. The average Bonchev–Trinajstić information content (AvgIpc) is 2.67. The molecule has 2 N–H and O–H groups in total. The minimum absolute atomic E-state index is 0.0718. The normalized spacial score (nSPS) is 16.6. The molecule has 3 rings (SSSR count). The number of aliphatic hydroxyl groups is 1. The highest BCUT2D eigenvalue weighted by Crippen LogP contribution is 2.26. The standard InChI is InChI=1S/C20H24N2O3/c23-18(10-9-15-5-2-1-3-6-15)16-11-13-22(14-12-16)19-8-4-7-17(21-19)20(24)25/h1-8,16,18,23H,9-14H2,(H,24,25). The van der Waals surface area contributed by atoms with E-state index in [1.165, 1.54) is 11.6 Å². The van der Waals surface area contributed by atoms with E-state index in [9.17, 15) is 9.90 Å². The summed E-state index contributed by atoms with van der Waals surface area (Å²) in [7, 11) is 0. The highest BCUT2D eigenvalue weighted by atomic mass is 16.4. The highest BCUT2D eigenvalue weighted by molar-refractivity contribution is 5.85. The molecule has 25 heavy (non-hydrogen) atoms. The minimum atomic E-state index is -1.01. The second kappa shape index (κ2) is 8.12. The van der Waals surface area contributed by atoms with Crippen LogP contribution in [0.2, 0.25) is 0 Å². The number of pyridine rings is 1. The van der Waals surface area contributed by atoms with Gasteiger partial charge in [-0.05, 0) is 49.3 Å². The first-order valence-corrected chi connectivity index (χ1v) is 8.81. The molecule has 0 radical (unpaired) electrons. The molecule has 1 aromatic heterocycles. The van der Waals surface area contributed by atoms with Gasteiger partial charge in [0.25, 0.3) is 0 Å². The number of aryl methyl sites for hydroxylation is 1. The number of aliphatic hydroxyl groups excluding tert-OH is 1. The maximum absolute atomic E-state index is 11.1. The van der Waals surface area contributed by atoms with Crippen LogP contribution in [-0.2, 0) is 6.42 Å². The zero-order valence-corrected chi connectivity index (χ0v) is 14.2. The molecule has 1 aliphatic heterocycles. The van der Waals surface area contributed by atoms with Gasteiger partial charge in [0.2, 0.25) is 0 Å². The van der Waals surface area contributed by atoms with E-state index in [0.717, 1.165) is 38.8 Å². The van der Waals surface area contributed by atoms with Crippen molar-refractivity contribution < 1.29 is 15.0 Å².